The van der Waals surface area contributed by atoms with E-state index in [-0.39, 0.29) is 5.41 Å². The Morgan fingerprint density at radius 1 is 1.10 bits per heavy atom. The molecule has 5 heteroatoms. The Hall–Kier alpha value is -1.95. The summed E-state index contributed by atoms with van der Waals surface area (Å²) in [7, 11) is 1.71. The molecule has 2 saturated heterocycles. The highest BCUT2D eigenvalue weighted by Gasteiger charge is 2.43. The molecular weight excluding hydrogens is 374 g/mol. The minimum atomic E-state index is 0.256. The number of methoxy groups -OCH3 is 1. The van der Waals surface area contributed by atoms with E-state index in [1.54, 1.807) is 18.9 Å². The monoisotopic (exact) mass is 407 g/mol. The molecule has 5 rings (SSSR count). The molecule has 0 amide bonds. The van der Waals surface area contributed by atoms with Crippen molar-refractivity contribution in [1.82, 2.24) is 14.8 Å². The van der Waals surface area contributed by atoms with E-state index >= 15 is 0 Å². The Bertz CT molecular complexity index is 857. The van der Waals surface area contributed by atoms with E-state index in [0.29, 0.717) is 6.04 Å². The van der Waals surface area contributed by atoms with Gasteiger partial charge in [0.05, 0.1) is 7.11 Å². The Labute approximate surface area is 180 Å². The highest BCUT2D eigenvalue weighted by Crippen LogP contribution is 2.43. The Balaban J connectivity index is 1.36. The Morgan fingerprint density at radius 2 is 1.90 bits per heavy atom. The average Bonchev–Trinajstić information content (AvgIpc) is 2.81. The molecule has 30 heavy (non-hydrogen) atoms. The molecule has 2 fully saturated rings. The zero-order valence-corrected chi connectivity index (χ0v) is 18.1. The van der Waals surface area contributed by atoms with E-state index in [1.807, 2.05) is 6.07 Å². The van der Waals surface area contributed by atoms with Gasteiger partial charge >= 0.3 is 0 Å². The van der Waals surface area contributed by atoms with Gasteiger partial charge in [0, 0.05) is 56.1 Å². The lowest BCUT2D eigenvalue weighted by molar-refractivity contribution is 0.00955. The van der Waals surface area contributed by atoms with Gasteiger partial charge in [0.2, 0.25) is 5.88 Å². The van der Waals surface area contributed by atoms with Gasteiger partial charge in [0.15, 0.2) is 0 Å². The van der Waals surface area contributed by atoms with Crippen molar-refractivity contribution >= 4 is 0 Å². The Kier molecular flexibility index (Phi) is 5.77. The molecule has 0 bridgehead atoms. The van der Waals surface area contributed by atoms with Gasteiger partial charge < -0.3 is 14.4 Å². The Morgan fingerprint density at radius 3 is 2.70 bits per heavy atom. The summed E-state index contributed by atoms with van der Waals surface area (Å²) in [5.41, 5.74) is 4.51. The van der Waals surface area contributed by atoms with E-state index in [0.717, 1.165) is 38.7 Å². The first-order valence-electron chi connectivity index (χ1n) is 11.4. The van der Waals surface area contributed by atoms with Gasteiger partial charge in [-0.3, -0.25) is 4.90 Å². The topological polar surface area (TPSA) is 37.8 Å². The van der Waals surface area contributed by atoms with Crippen LogP contribution in [0.25, 0.3) is 0 Å². The summed E-state index contributed by atoms with van der Waals surface area (Å²) in [6, 6.07) is 14.0. The van der Waals surface area contributed by atoms with E-state index < -0.39 is 0 Å². The van der Waals surface area contributed by atoms with Crippen molar-refractivity contribution in [2.75, 3.05) is 40.0 Å². The summed E-state index contributed by atoms with van der Waals surface area (Å²) in [6.07, 6.45) is 6.67. The van der Waals surface area contributed by atoms with Crippen LogP contribution in [-0.4, -0.2) is 60.8 Å². The van der Waals surface area contributed by atoms with E-state index in [4.69, 9.17) is 9.47 Å². The molecule has 3 aliphatic rings. The minimum absolute atomic E-state index is 0.256. The van der Waals surface area contributed by atoms with Crippen LogP contribution in [0.1, 0.15) is 42.4 Å². The van der Waals surface area contributed by atoms with Crippen molar-refractivity contribution in [3.05, 3.63) is 59.3 Å². The maximum atomic E-state index is 5.59. The van der Waals surface area contributed by atoms with Crippen LogP contribution in [-0.2, 0) is 23.2 Å². The number of hydrogen-bond donors (Lipinski definition) is 0. The maximum absolute atomic E-state index is 5.59. The third-order valence-corrected chi connectivity index (χ3v) is 7.41. The molecule has 1 spiro atoms. The number of benzene rings is 1. The van der Waals surface area contributed by atoms with Crippen LogP contribution in [0.15, 0.2) is 42.6 Å². The molecule has 0 N–H and O–H groups in total. The van der Waals surface area contributed by atoms with E-state index in [2.05, 4.69) is 45.1 Å². The fourth-order valence-corrected chi connectivity index (χ4v) is 5.86. The molecule has 5 nitrogen and oxygen atoms in total. The normalized spacial score (nSPS) is 22.7. The van der Waals surface area contributed by atoms with Gasteiger partial charge in [-0.1, -0.05) is 30.3 Å². The van der Waals surface area contributed by atoms with Crippen LogP contribution in [0.5, 0.6) is 5.88 Å². The average molecular weight is 408 g/mol. The molecule has 0 radical (unpaired) electrons. The number of ether oxygens (including phenoxy) is 2. The predicted molar refractivity (Wildman–Crippen MR) is 118 cm³/mol. The van der Waals surface area contributed by atoms with Gasteiger partial charge in [-0.05, 0) is 56.0 Å². The smallest absolute Gasteiger partial charge is 0.217 e. The molecule has 2 aromatic rings. The number of pyridine rings is 1. The quantitative estimate of drug-likeness (QED) is 0.774. The lowest BCUT2D eigenvalue weighted by atomic mass is 9.68. The fourth-order valence-electron chi connectivity index (χ4n) is 5.86. The SMILES string of the molecule is COc1ncccc1CN1Cc2ccccc2C2(CCN(C3CCOCC3)CC2)C1. The minimum Gasteiger partial charge on any atom is -0.481 e. The summed E-state index contributed by atoms with van der Waals surface area (Å²) in [4.78, 5) is 9.75. The number of piperidine rings is 1. The third kappa shape index (κ3) is 3.86. The van der Waals surface area contributed by atoms with Crippen molar-refractivity contribution in [2.45, 2.75) is 50.2 Å². The van der Waals surface area contributed by atoms with Crippen LogP contribution in [0.4, 0.5) is 0 Å². The molecule has 1 aromatic carbocycles. The number of nitrogens with zero attached hydrogens (tertiary/aromatic N) is 3. The summed E-state index contributed by atoms with van der Waals surface area (Å²) >= 11 is 0. The number of hydrogen-bond acceptors (Lipinski definition) is 5. The van der Waals surface area contributed by atoms with E-state index in [1.165, 1.54) is 49.9 Å². The van der Waals surface area contributed by atoms with Crippen molar-refractivity contribution in [3.8, 4) is 5.88 Å². The first-order chi connectivity index (χ1) is 14.8. The van der Waals surface area contributed by atoms with Crippen molar-refractivity contribution in [2.24, 2.45) is 0 Å². The first kappa shape index (κ1) is 20.0. The van der Waals surface area contributed by atoms with Crippen molar-refractivity contribution < 1.29 is 9.47 Å². The molecule has 0 aliphatic carbocycles. The highest BCUT2D eigenvalue weighted by atomic mass is 16.5. The largest absolute Gasteiger partial charge is 0.481 e. The molecule has 1 aromatic heterocycles. The van der Waals surface area contributed by atoms with Gasteiger partial charge in [-0.2, -0.15) is 0 Å². The zero-order valence-electron chi connectivity index (χ0n) is 18.1. The fraction of sp³-hybridized carbons (Fsp3) is 0.560. The van der Waals surface area contributed by atoms with Crippen LogP contribution < -0.4 is 4.74 Å². The molecule has 4 heterocycles. The van der Waals surface area contributed by atoms with Gasteiger partial charge in [-0.15, -0.1) is 0 Å². The molecular formula is C25H33N3O2. The lowest BCUT2D eigenvalue weighted by Crippen LogP contribution is -2.54. The van der Waals surface area contributed by atoms with Crippen LogP contribution in [0, 0.1) is 0 Å². The van der Waals surface area contributed by atoms with Gasteiger partial charge in [0.25, 0.3) is 0 Å². The van der Waals surface area contributed by atoms with Crippen LogP contribution in [0.2, 0.25) is 0 Å². The second-order valence-corrected chi connectivity index (χ2v) is 9.13. The summed E-state index contributed by atoms with van der Waals surface area (Å²) < 4.78 is 11.1. The molecule has 160 valence electrons. The highest BCUT2D eigenvalue weighted by molar-refractivity contribution is 5.38. The number of rotatable bonds is 4. The lowest BCUT2D eigenvalue weighted by Gasteiger charge is -2.50. The molecule has 3 aliphatic heterocycles. The summed E-state index contributed by atoms with van der Waals surface area (Å²) in [5, 5.41) is 0. The van der Waals surface area contributed by atoms with Gasteiger partial charge in [-0.25, -0.2) is 4.98 Å². The molecule has 0 unspecified atom stereocenters. The summed E-state index contributed by atoms with van der Waals surface area (Å²) in [6.45, 7) is 7.25. The van der Waals surface area contributed by atoms with Crippen molar-refractivity contribution in [3.63, 3.8) is 0 Å². The third-order valence-electron chi connectivity index (χ3n) is 7.41. The predicted octanol–water partition coefficient (Wildman–Crippen LogP) is 3.62. The molecule has 0 saturated carbocycles. The van der Waals surface area contributed by atoms with Crippen LogP contribution >= 0.6 is 0 Å². The number of fused-ring (bicyclic) bond motifs is 2. The number of likely N-dealkylation sites (tertiary alicyclic amines) is 1. The zero-order chi connectivity index (χ0) is 20.4. The van der Waals surface area contributed by atoms with E-state index in [9.17, 15) is 0 Å². The maximum Gasteiger partial charge on any atom is 0.217 e. The molecule has 0 atom stereocenters. The van der Waals surface area contributed by atoms with Crippen LogP contribution in [0.3, 0.4) is 0 Å². The second-order valence-electron chi connectivity index (χ2n) is 9.13. The number of aromatic nitrogens is 1. The first-order valence-corrected chi connectivity index (χ1v) is 11.4. The second kappa shape index (κ2) is 8.66. The van der Waals surface area contributed by atoms with Crippen molar-refractivity contribution in [1.29, 1.82) is 0 Å². The van der Waals surface area contributed by atoms with Gasteiger partial charge in [0.1, 0.15) is 0 Å². The summed E-state index contributed by atoms with van der Waals surface area (Å²) in [5.74, 6) is 0.750. The standard InChI is InChI=1S/C25H33N3O2/c1-29-24-21(6-4-12-26-24)18-27-17-20-5-2-3-7-23(20)25(19-27)10-13-28(14-11-25)22-8-15-30-16-9-22/h2-7,12,22H,8-11,13-19H2,1H3.